The lowest BCUT2D eigenvalue weighted by molar-refractivity contribution is 0.586. The fourth-order valence-corrected chi connectivity index (χ4v) is 4.38. The molecule has 0 atom stereocenters. The van der Waals surface area contributed by atoms with Crippen LogP contribution in [0.25, 0.3) is 33.0 Å². The van der Waals surface area contributed by atoms with Crippen LogP contribution in [0.4, 0.5) is 0 Å². The first-order valence-corrected chi connectivity index (χ1v) is 10.4. The zero-order chi connectivity index (χ0) is 22.2. The normalized spacial score (nSPS) is 11.2. The quantitative estimate of drug-likeness (QED) is 0.349. The molecule has 2 heteroatoms. The van der Waals surface area contributed by atoms with Crippen LogP contribution in [0.3, 0.4) is 0 Å². The number of rotatable bonds is 2. The highest BCUT2D eigenvalue weighted by molar-refractivity contribution is 6.00. The summed E-state index contributed by atoms with van der Waals surface area (Å²) in [4.78, 5) is 0. The first-order valence-electron chi connectivity index (χ1n) is 10.4. The molecule has 0 spiro atoms. The number of nitriles is 2. The van der Waals surface area contributed by atoms with E-state index in [0.29, 0.717) is 11.1 Å². The van der Waals surface area contributed by atoms with Crippen molar-refractivity contribution in [3.05, 3.63) is 95.1 Å². The van der Waals surface area contributed by atoms with E-state index in [1.165, 1.54) is 11.1 Å². The van der Waals surface area contributed by atoms with Crippen LogP contribution in [-0.2, 0) is 5.41 Å². The van der Waals surface area contributed by atoms with Crippen molar-refractivity contribution in [3.63, 3.8) is 0 Å². The number of hydrogen-bond acceptors (Lipinski definition) is 2. The summed E-state index contributed by atoms with van der Waals surface area (Å²) in [5, 5.41) is 21.3. The van der Waals surface area contributed by atoms with Gasteiger partial charge in [0, 0.05) is 5.39 Å². The Hall–Kier alpha value is -3.88. The average molecular weight is 401 g/mol. The molecule has 2 nitrogen and oxygen atoms in total. The van der Waals surface area contributed by atoms with Crippen LogP contribution in [-0.4, -0.2) is 0 Å². The molecule has 31 heavy (non-hydrogen) atoms. The summed E-state index contributed by atoms with van der Waals surface area (Å²) >= 11 is 0. The Labute approximate surface area is 184 Å². The van der Waals surface area contributed by atoms with E-state index in [4.69, 9.17) is 0 Å². The van der Waals surface area contributed by atoms with Crippen molar-refractivity contribution in [2.45, 2.75) is 33.1 Å². The van der Waals surface area contributed by atoms with Gasteiger partial charge in [-0.3, -0.25) is 0 Å². The molecule has 4 rings (SSSR count). The maximum absolute atomic E-state index is 9.91. The molecule has 0 fully saturated rings. The smallest absolute Gasteiger partial charge is 0.0998 e. The molecule has 0 bridgehead atoms. The lowest BCUT2D eigenvalue weighted by Gasteiger charge is -2.22. The number of fused-ring (bicyclic) bond motifs is 1. The topological polar surface area (TPSA) is 47.6 Å². The fourth-order valence-electron chi connectivity index (χ4n) is 4.38. The van der Waals surface area contributed by atoms with Crippen LogP contribution in [0.2, 0.25) is 0 Å². The summed E-state index contributed by atoms with van der Waals surface area (Å²) in [5.41, 5.74) is 7.93. The van der Waals surface area contributed by atoms with E-state index < -0.39 is 0 Å². The van der Waals surface area contributed by atoms with Gasteiger partial charge in [-0.25, -0.2) is 0 Å². The Morgan fingerprint density at radius 2 is 1.26 bits per heavy atom. The zero-order valence-corrected chi connectivity index (χ0v) is 18.3. The number of benzene rings is 4. The predicted octanol–water partition coefficient (Wildman–Crippen LogP) is 7.52. The molecule has 4 aromatic rings. The van der Waals surface area contributed by atoms with E-state index in [1.807, 2.05) is 48.5 Å². The lowest BCUT2D eigenvalue weighted by Crippen LogP contribution is -2.12. The van der Waals surface area contributed by atoms with Crippen LogP contribution in [0.1, 0.15) is 43.0 Å². The maximum atomic E-state index is 9.91. The molecule has 0 amide bonds. The van der Waals surface area contributed by atoms with Crippen molar-refractivity contribution in [3.8, 4) is 34.4 Å². The molecule has 4 aromatic carbocycles. The molecule has 0 unspecified atom stereocenters. The fraction of sp³-hybridized carbons (Fsp3) is 0.172. The van der Waals surface area contributed by atoms with Crippen molar-refractivity contribution in [2.75, 3.05) is 0 Å². The SMILES string of the molecule is Cc1cc(-c2ccc(-c3ccc(C#N)c4ccccc34)cc2C#N)ccc1C(C)(C)C. The Morgan fingerprint density at radius 3 is 1.90 bits per heavy atom. The van der Waals surface area contributed by atoms with E-state index in [2.05, 4.69) is 64.1 Å². The third-order valence-electron chi connectivity index (χ3n) is 5.84. The van der Waals surface area contributed by atoms with E-state index in [1.54, 1.807) is 0 Å². The molecule has 0 aliphatic heterocycles. The van der Waals surface area contributed by atoms with Gasteiger partial charge in [0.05, 0.1) is 23.3 Å². The molecule has 0 radical (unpaired) electrons. The number of aryl methyl sites for hydroxylation is 1. The third kappa shape index (κ3) is 3.70. The van der Waals surface area contributed by atoms with E-state index in [-0.39, 0.29) is 5.41 Å². The van der Waals surface area contributed by atoms with Crippen molar-refractivity contribution in [2.24, 2.45) is 0 Å². The van der Waals surface area contributed by atoms with Crippen molar-refractivity contribution in [1.82, 2.24) is 0 Å². The van der Waals surface area contributed by atoms with Crippen LogP contribution in [0.15, 0.2) is 72.8 Å². The van der Waals surface area contributed by atoms with Gasteiger partial charge < -0.3 is 0 Å². The molecule has 150 valence electrons. The summed E-state index contributed by atoms with van der Waals surface area (Å²) < 4.78 is 0. The maximum Gasteiger partial charge on any atom is 0.0998 e. The van der Waals surface area contributed by atoms with Crippen molar-refractivity contribution < 1.29 is 0 Å². The summed E-state index contributed by atoms with van der Waals surface area (Å²) in [7, 11) is 0. The minimum Gasteiger partial charge on any atom is -0.192 e. The van der Waals surface area contributed by atoms with Crippen molar-refractivity contribution in [1.29, 1.82) is 10.5 Å². The summed E-state index contributed by atoms with van der Waals surface area (Å²) in [5.74, 6) is 0. The van der Waals surface area contributed by atoms with Crippen LogP contribution >= 0.6 is 0 Å². The van der Waals surface area contributed by atoms with Gasteiger partial charge >= 0.3 is 0 Å². The van der Waals surface area contributed by atoms with E-state index in [0.717, 1.165) is 33.0 Å². The highest BCUT2D eigenvalue weighted by Gasteiger charge is 2.17. The van der Waals surface area contributed by atoms with E-state index in [9.17, 15) is 10.5 Å². The molecular weight excluding hydrogens is 376 g/mol. The second kappa shape index (κ2) is 7.75. The largest absolute Gasteiger partial charge is 0.192 e. The Morgan fingerprint density at radius 1 is 0.645 bits per heavy atom. The van der Waals surface area contributed by atoms with E-state index >= 15 is 0 Å². The second-order valence-electron chi connectivity index (χ2n) is 8.97. The molecule has 0 heterocycles. The van der Waals surface area contributed by atoms with Gasteiger partial charge in [-0.15, -0.1) is 0 Å². The molecule has 0 aromatic heterocycles. The van der Waals surface area contributed by atoms with Gasteiger partial charge in [0.2, 0.25) is 0 Å². The zero-order valence-electron chi connectivity index (χ0n) is 18.3. The Balaban J connectivity index is 1.85. The Kier molecular flexibility index (Phi) is 5.10. The van der Waals surface area contributed by atoms with Crippen LogP contribution < -0.4 is 0 Å². The number of nitrogens with zero attached hydrogens (tertiary/aromatic N) is 2. The predicted molar refractivity (Wildman–Crippen MR) is 128 cm³/mol. The first kappa shape index (κ1) is 20.4. The molecule has 0 saturated heterocycles. The lowest BCUT2D eigenvalue weighted by atomic mass is 9.82. The minimum atomic E-state index is 0.0845. The number of hydrogen-bond donors (Lipinski definition) is 0. The minimum absolute atomic E-state index is 0.0845. The summed E-state index contributed by atoms with van der Waals surface area (Å²) in [6, 6.07) is 28.9. The highest BCUT2D eigenvalue weighted by atomic mass is 14.3. The van der Waals surface area contributed by atoms with Crippen LogP contribution in [0, 0.1) is 29.6 Å². The Bertz CT molecular complexity index is 1390. The molecule has 0 saturated carbocycles. The average Bonchev–Trinajstić information content (AvgIpc) is 2.77. The van der Waals surface area contributed by atoms with Gasteiger partial charge in [-0.2, -0.15) is 10.5 Å². The molecular formula is C29H24N2. The van der Waals surface area contributed by atoms with Crippen molar-refractivity contribution >= 4 is 10.8 Å². The first-order chi connectivity index (χ1) is 14.8. The second-order valence-corrected chi connectivity index (χ2v) is 8.97. The standard InChI is InChI=1S/C29H24N2/c1-19-15-20(11-14-28(19)29(2,3)4)24-12-9-21(16-23(24)18-31)26-13-10-22(17-30)25-7-5-6-8-27(25)26/h5-16H,1-4H3. The van der Waals surface area contributed by atoms with Gasteiger partial charge in [-0.05, 0) is 63.2 Å². The third-order valence-corrected chi connectivity index (χ3v) is 5.84. The van der Waals surface area contributed by atoms with Gasteiger partial charge in [0.25, 0.3) is 0 Å². The van der Waals surface area contributed by atoms with Gasteiger partial charge in [0.1, 0.15) is 0 Å². The molecule has 0 N–H and O–H groups in total. The molecule has 0 aliphatic carbocycles. The molecule has 0 aliphatic rings. The van der Waals surface area contributed by atoms with Gasteiger partial charge in [0.15, 0.2) is 0 Å². The summed E-state index contributed by atoms with van der Waals surface area (Å²) in [6.45, 7) is 8.78. The monoisotopic (exact) mass is 400 g/mol. The summed E-state index contributed by atoms with van der Waals surface area (Å²) in [6.07, 6.45) is 0. The highest BCUT2D eigenvalue weighted by Crippen LogP contribution is 2.35. The van der Waals surface area contributed by atoms with Crippen LogP contribution in [0.5, 0.6) is 0 Å². The van der Waals surface area contributed by atoms with Gasteiger partial charge in [-0.1, -0.05) is 81.4 Å².